The van der Waals surface area contributed by atoms with Crippen LogP contribution in [0, 0.1) is 23.6 Å². The second-order valence-corrected chi connectivity index (χ2v) is 5.78. The molecule has 0 heterocycles. The van der Waals surface area contributed by atoms with Gasteiger partial charge in [-0.15, -0.1) is 0 Å². The Hall–Kier alpha value is -1.37. The van der Waals surface area contributed by atoms with Crippen molar-refractivity contribution in [2.24, 2.45) is 11.7 Å². The molecule has 0 amide bonds. The number of halogens is 1. The third-order valence-corrected chi connectivity index (χ3v) is 3.68. The Morgan fingerprint density at radius 3 is 2.70 bits per heavy atom. The van der Waals surface area contributed by atoms with Gasteiger partial charge in [-0.05, 0) is 44.7 Å². The van der Waals surface area contributed by atoms with Crippen LogP contribution in [-0.4, -0.2) is 24.0 Å². The minimum atomic E-state index is -0.171. The fourth-order valence-corrected chi connectivity index (χ4v) is 2.22. The first-order valence-corrected chi connectivity index (χ1v) is 7.31. The summed E-state index contributed by atoms with van der Waals surface area (Å²) < 4.78 is 14.1. The Kier molecular flexibility index (Phi) is 5.17. The second kappa shape index (κ2) is 6.88. The normalized spacial score (nSPS) is 14.5. The molecule has 1 aromatic carbocycles. The van der Waals surface area contributed by atoms with Crippen molar-refractivity contribution in [2.45, 2.75) is 39.3 Å². The smallest absolute Gasteiger partial charge is 0.128 e. The van der Waals surface area contributed by atoms with E-state index in [1.54, 1.807) is 0 Å². The average molecular weight is 274 g/mol. The molecule has 2 nitrogen and oxygen atoms in total. The maximum absolute atomic E-state index is 14.1. The summed E-state index contributed by atoms with van der Waals surface area (Å²) in [6.07, 6.45) is 2.64. The third kappa shape index (κ3) is 4.33. The van der Waals surface area contributed by atoms with E-state index in [0.717, 1.165) is 18.0 Å². The van der Waals surface area contributed by atoms with E-state index in [2.05, 4.69) is 30.6 Å². The molecule has 0 unspecified atom stereocenters. The quantitative estimate of drug-likeness (QED) is 0.837. The molecule has 2 rings (SSSR count). The van der Waals surface area contributed by atoms with Crippen LogP contribution in [0.2, 0.25) is 0 Å². The van der Waals surface area contributed by atoms with Crippen LogP contribution in [-0.2, 0) is 6.54 Å². The summed E-state index contributed by atoms with van der Waals surface area (Å²) in [6, 6.07) is 5.66. The van der Waals surface area contributed by atoms with E-state index in [1.165, 1.54) is 18.9 Å². The van der Waals surface area contributed by atoms with Gasteiger partial charge in [0, 0.05) is 30.3 Å². The van der Waals surface area contributed by atoms with Crippen molar-refractivity contribution in [3.8, 4) is 11.8 Å². The van der Waals surface area contributed by atoms with Crippen LogP contribution < -0.4 is 5.73 Å². The number of rotatable bonds is 5. The predicted octanol–water partition coefficient (Wildman–Crippen LogP) is 2.76. The molecular weight excluding hydrogens is 251 g/mol. The van der Waals surface area contributed by atoms with Gasteiger partial charge in [0.2, 0.25) is 0 Å². The minimum Gasteiger partial charge on any atom is -0.320 e. The first-order chi connectivity index (χ1) is 9.60. The number of hydrogen-bond donors (Lipinski definition) is 1. The van der Waals surface area contributed by atoms with Gasteiger partial charge in [0.25, 0.3) is 0 Å². The lowest BCUT2D eigenvalue weighted by Crippen LogP contribution is -2.32. The fourth-order valence-electron chi connectivity index (χ4n) is 2.22. The van der Waals surface area contributed by atoms with Crippen molar-refractivity contribution in [1.82, 2.24) is 4.90 Å². The summed E-state index contributed by atoms with van der Waals surface area (Å²) >= 11 is 0. The van der Waals surface area contributed by atoms with Gasteiger partial charge in [-0.2, -0.15) is 0 Å². The topological polar surface area (TPSA) is 29.3 Å². The van der Waals surface area contributed by atoms with Crippen molar-refractivity contribution in [1.29, 1.82) is 0 Å². The summed E-state index contributed by atoms with van der Waals surface area (Å²) in [4.78, 5) is 2.35. The van der Waals surface area contributed by atoms with Crippen LogP contribution in [0.25, 0.3) is 0 Å². The molecule has 0 spiro atoms. The standard InChI is InChI=1S/C17H23FN2/c1-13(2)20(11-15-5-6-15)12-16-8-7-14(4-3-9-19)10-17(16)18/h7-8,10,13,15H,5-6,9,11-12,19H2,1-2H3. The molecule has 0 aromatic heterocycles. The molecule has 0 atom stereocenters. The molecule has 3 heteroatoms. The fraction of sp³-hybridized carbons (Fsp3) is 0.529. The van der Waals surface area contributed by atoms with E-state index < -0.39 is 0 Å². The van der Waals surface area contributed by atoms with Gasteiger partial charge in [0.15, 0.2) is 0 Å². The number of benzene rings is 1. The maximum Gasteiger partial charge on any atom is 0.128 e. The highest BCUT2D eigenvalue weighted by Crippen LogP contribution is 2.31. The highest BCUT2D eigenvalue weighted by molar-refractivity contribution is 5.37. The summed E-state index contributed by atoms with van der Waals surface area (Å²) in [5, 5.41) is 0. The first kappa shape index (κ1) is 15.0. The minimum absolute atomic E-state index is 0.171. The molecule has 0 bridgehead atoms. The zero-order valence-corrected chi connectivity index (χ0v) is 12.3. The van der Waals surface area contributed by atoms with Crippen LogP contribution >= 0.6 is 0 Å². The Morgan fingerprint density at radius 1 is 1.40 bits per heavy atom. The Bertz CT molecular complexity index is 509. The van der Waals surface area contributed by atoms with Crippen molar-refractivity contribution >= 4 is 0 Å². The van der Waals surface area contributed by atoms with Gasteiger partial charge in [0.05, 0.1) is 6.54 Å². The zero-order valence-electron chi connectivity index (χ0n) is 12.3. The van der Waals surface area contributed by atoms with E-state index >= 15 is 0 Å². The molecule has 0 aliphatic heterocycles. The van der Waals surface area contributed by atoms with Gasteiger partial charge in [-0.3, -0.25) is 4.90 Å². The summed E-state index contributed by atoms with van der Waals surface area (Å²) in [5.41, 5.74) is 6.76. The zero-order chi connectivity index (χ0) is 14.5. The number of nitrogens with two attached hydrogens (primary N) is 1. The van der Waals surface area contributed by atoms with Crippen molar-refractivity contribution in [3.05, 3.63) is 35.1 Å². The summed E-state index contributed by atoms with van der Waals surface area (Å²) in [5.74, 6) is 6.25. The highest BCUT2D eigenvalue weighted by atomic mass is 19.1. The molecule has 2 N–H and O–H groups in total. The van der Waals surface area contributed by atoms with E-state index in [4.69, 9.17) is 5.73 Å². The molecule has 0 saturated heterocycles. The average Bonchev–Trinajstić information content (AvgIpc) is 3.22. The first-order valence-electron chi connectivity index (χ1n) is 7.31. The lowest BCUT2D eigenvalue weighted by atomic mass is 10.1. The molecule has 1 fully saturated rings. The van der Waals surface area contributed by atoms with Crippen LogP contribution in [0.4, 0.5) is 4.39 Å². The van der Waals surface area contributed by atoms with Crippen molar-refractivity contribution in [3.63, 3.8) is 0 Å². The number of hydrogen-bond acceptors (Lipinski definition) is 2. The monoisotopic (exact) mass is 274 g/mol. The summed E-state index contributed by atoms with van der Waals surface area (Å²) in [7, 11) is 0. The molecule has 1 aliphatic rings. The highest BCUT2D eigenvalue weighted by Gasteiger charge is 2.25. The van der Waals surface area contributed by atoms with Gasteiger partial charge < -0.3 is 5.73 Å². The van der Waals surface area contributed by atoms with Crippen LogP contribution in [0.15, 0.2) is 18.2 Å². The molecule has 1 aliphatic carbocycles. The van der Waals surface area contributed by atoms with Gasteiger partial charge in [-0.1, -0.05) is 17.9 Å². The van der Waals surface area contributed by atoms with Crippen LogP contribution in [0.1, 0.15) is 37.8 Å². The molecule has 1 saturated carbocycles. The lowest BCUT2D eigenvalue weighted by molar-refractivity contribution is 0.201. The van der Waals surface area contributed by atoms with Crippen LogP contribution in [0.3, 0.4) is 0 Å². The molecule has 0 radical (unpaired) electrons. The molecule has 20 heavy (non-hydrogen) atoms. The van der Waals surface area contributed by atoms with Crippen LogP contribution in [0.5, 0.6) is 0 Å². The Balaban J connectivity index is 2.07. The van der Waals surface area contributed by atoms with E-state index in [1.807, 2.05) is 12.1 Å². The molecule has 1 aromatic rings. The maximum atomic E-state index is 14.1. The van der Waals surface area contributed by atoms with Gasteiger partial charge in [-0.25, -0.2) is 4.39 Å². The number of nitrogens with zero attached hydrogens (tertiary/aromatic N) is 1. The van der Waals surface area contributed by atoms with Crippen molar-refractivity contribution < 1.29 is 4.39 Å². The predicted molar refractivity (Wildman–Crippen MR) is 80.6 cm³/mol. The Labute approximate surface area is 121 Å². The largest absolute Gasteiger partial charge is 0.320 e. The lowest BCUT2D eigenvalue weighted by Gasteiger charge is -2.26. The third-order valence-electron chi connectivity index (χ3n) is 3.68. The van der Waals surface area contributed by atoms with Gasteiger partial charge in [0.1, 0.15) is 5.82 Å². The molecular formula is C17H23FN2. The van der Waals surface area contributed by atoms with E-state index in [0.29, 0.717) is 24.7 Å². The summed E-state index contributed by atoms with van der Waals surface area (Å²) in [6.45, 7) is 6.38. The van der Waals surface area contributed by atoms with E-state index in [-0.39, 0.29) is 5.82 Å². The van der Waals surface area contributed by atoms with E-state index in [9.17, 15) is 4.39 Å². The second-order valence-electron chi connectivity index (χ2n) is 5.78. The van der Waals surface area contributed by atoms with Crippen molar-refractivity contribution in [2.75, 3.05) is 13.1 Å². The molecule has 108 valence electrons. The Morgan fingerprint density at radius 2 is 2.15 bits per heavy atom. The SMILES string of the molecule is CC(C)N(Cc1ccc(C#CCN)cc1F)CC1CC1. The van der Waals surface area contributed by atoms with Gasteiger partial charge >= 0.3 is 0 Å².